The van der Waals surface area contributed by atoms with E-state index in [1.165, 1.54) is 70.6 Å². The second-order valence-electron chi connectivity index (χ2n) is 21.6. The Kier molecular flexibility index (Phi) is 64.9. The van der Waals surface area contributed by atoms with E-state index >= 15 is 0 Å². The summed E-state index contributed by atoms with van der Waals surface area (Å²) in [6.45, 7) is 6.35. The van der Waals surface area contributed by atoms with Gasteiger partial charge in [-0.15, -0.1) is 0 Å². The van der Waals surface area contributed by atoms with Gasteiger partial charge in [0.15, 0.2) is 6.10 Å². The van der Waals surface area contributed by atoms with E-state index in [0.717, 1.165) is 167 Å². The largest absolute Gasteiger partial charge is 0.462 e. The predicted octanol–water partition coefficient (Wildman–Crippen LogP) is 23.4. The van der Waals surface area contributed by atoms with Crippen molar-refractivity contribution in [1.29, 1.82) is 0 Å². The molecule has 0 amide bonds. The maximum atomic E-state index is 12.9. The van der Waals surface area contributed by atoms with E-state index < -0.39 is 6.10 Å². The van der Waals surface area contributed by atoms with E-state index in [-0.39, 0.29) is 31.1 Å². The van der Waals surface area contributed by atoms with Crippen LogP contribution in [0, 0.1) is 0 Å². The van der Waals surface area contributed by atoms with Gasteiger partial charge in [0.25, 0.3) is 0 Å². The molecule has 466 valence electrons. The number of allylic oxidation sites excluding steroid dienone is 28. The van der Waals surface area contributed by atoms with Crippen LogP contribution in [0.1, 0.15) is 278 Å². The summed E-state index contributed by atoms with van der Waals surface area (Å²) in [4.78, 5) is 38.2. The summed E-state index contributed by atoms with van der Waals surface area (Å²) in [5.74, 6) is -0.925. The van der Waals surface area contributed by atoms with Crippen LogP contribution < -0.4 is 0 Å². The lowest BCUT2D eigenvalue weighted by Crippen LogP contribution is -2.30. The van der Waals surface area contributed by atoms with Crippen LogP contribution >= 0.6 is 0 Å². The molecule has 0 bridgehead atoms. The second-order valence-corrected chi connectivity index (χ2v) is 21.6. The first-order chi connectivity index (χ1) is 41.0. The average molecular weight is 1140 g/mol. The molecule has 0 N–H and O–H groups in total. The molecule has 83 heavy (non-hydrogen) atoms. The molecule has 0 rings (SSSR count). The molecule has 6 nitrogen and oxygen atoms in total. The van der Waals surface area contributed by atoms with E-state index in [0.29, 0.717) is 19.3 Å². The lowest BCUT2D eigenvalue weighted by atomic mass is 10.1. The smallest absolute Gasteiger partial charge is 0.306 e. The quantitative estimate of drug-likeness (QED) is 0.0261. The summed E-state index contributed by atoms with van der Waals surface area (Å²) >= 11 is 0. The maximum Gasteiger partial charge on any atom is 0.306 e. The van der Waals surface area contributed by atoms with Crippen molar-refractivity contribution in [2.24, 2.45) is 0 Å². The van der Waals surface area contributed by atoms with Crippen molar-refractivity contribution in [2.45, 2.75) is 284 Å². The number of carbonyl (C=O) groups is 3. The van der Waals surface area contributed by atoms with Gasteiger partial charge in [0.05, 0.1) is 0 Å². The second kappa shape index (κ2) is 69.3. The van der Waals surface area contributed by atoms with Gasteiger partial charge in [-0.3, -0.25) is 14.4 Å². The predicted molar refractivity (Wildman–Crippen MR) is 361 cm³/mol. The number of unbranched alkanes of at least 4 members (excludes halogenated alkanes) is 20. The summed E-state index contributed by atoms with van der Waals surface area (Å²) in [5, 5.41) is 0. The zero-order chi connectivity index (χ0) is 59.9. The van der Waals surface area contributed by atoms with Gasteiger partial charge in [-0.05, 0) is 135 Å². The fourth-order valence-corrected chi connectivity index (χ4v) is 8.76. The number of rotatable bonds is 59. The van der Waals surface area contributed by atoms with Crippen molar-refractivity contribution < 1.29 is 28.6 Å². The van der Waals surface area contributed by atoms with Gasteiger partial charge in [0.1, 0.15) is 13.2 Å². The third kappa shape index (κ3) is 67.4. The molecule has 1 atom stereocenters. The minimum absolute atomic E-state index is 0.0919. The highest BCUT2D eigenvalue weighted by molar-refractivity contribution is 5.71. The molecule has 0 aliphatic carbocycles. The molecule has 0 aliphatic rings. The van der Waals surface area contributed by atoms with Gasteiger partial charge in [-0.1, -0.05) is 294 Å². The van der Waals surface area contributed by atoms with E-state index in [1.807, 2.05) is 0 Å². The van der Waals surface area contributed by atoms with Crippen molar-refractivity contribution in [3.8, 4) is 0 Å². The number of hydrogen-bond acceptors (Lipinski definition) is 6. The van der Waals surface area contributed by atoms with Gasteiger partial charge in [0.2, 0.25) is 0 Å². The molecule has 6 heteroatoms. The van der Waals surface area contributed by atoms with Gasteiger partial charge in [-0.2, -0.15) is 0 Å². The molecule has 0 aromatic heterocycles. The molecule has 1 unspecified atom stereocenters. The average Bonchev–Trinajstić information content (AvgIpc) is 3.50. The SMILES string of the molecule is CC/C=C\C/C=C\C/C=C\C/C=C\C/C=C\C/C=C\C/C=C\C/C=C\CCCCCCCCC(=O)OCC(COC(=O)CCCCCCCCC)OC(=O)CCCCCCCCCC/C=C\C/C=C\C/C=C\C/C=C\C/C=C\C/C=C\CC. The monoisotopic (exact) mass is 1140 g/mol. The Balaban J connectivity index is 4.23. The van der Waals surface area contributed by atoms with E-state index in [4.69, 9.17) is 14.2 Å². The molecule has 0 saturated carbocycles. The number of esters is 3. The van der Waals surface area contributed by atoms with Gasteiger partial charge < -0.3 is 14.2 Å². The summed E-state index contributed by atoms with van der Waals surface area (Å²) < 4.78 is 16.8. The minimum atomic E-state index is -0.796. The fraction of sp³-hybridized carbons (Fsp3) is 0.597. The van der Waals surface area contributed by atoms with Crippen LogP contribution in [0.3, 0.4) is 0 Å². The van der Waals surface area contributed by atoms with E-state index in [2.05, 4.69) is 191 Å². The summed E-state index contributed by atoms with van der Waals surface area (Å²) in [6.07, 6.45) is 102. The lowest BCUT2D eigenvalue weighted by Gasteiger charge is -2.18. The first kappa shape index (κ1) is 77.8. The Hall–Kier alpha value is -5.23. The Morgan fingerprint density at radius 2 is 0.470 bits per heavy atom. The normalized spacial score (nSPS) is 13.2. The lowest BCUT2D eigenvalue weighted by molar-refractivity contribution is -0.167. The molecule has 0 aromatic rings. The van der Waals surface area contributed by atoms with Gasteiger partial charge in [-0.25, -0.2) is 0 Å². The first-order valence-corrected chi connectivity index (χ1v) is 33.6. The van der Waals surface area contributed by atoms with Crippen LogP contribution in [0.2, 0.25) is 0 Å². The molecule has 0 aromatic carbocycles. The molecule has 0 heterocycles. The van der Waals surface area contributed by atoms with Crippen LogP contribution in [-0.2, 0) is 28.6 Å². The molecule has 0 saturated heterocycles. The maximum absolute atomic E-state index is 12.9. The third-order valence-corrected chi connectivity index (χ3v) is 13.7. The van der Waals surface area contributed by atoms with Crippen molar-refractivity contribution in [1.82, 2.24) is 0 Å². The van der Waals surface area contributed by atoms with Crippen LogP contribution in [0.25, 0.3) is 0 Å². The minimum Gasteiger partial charge on any atom is -0.462 e. The van der Waals surface area contributed by atoms with E-state index in [1.54, 1.807) is 0 Å². The van der Waals surface area contributed by atoms with Crippen molar-refractivity contribution in [2.75, 3.05) is 13.2 Å². The van der Waals surface area contributed by atoms with Crippen LogP contribution in [0.15, 0.2) is 170 Å². The van der Waals surface area contributed by atoms with Gasteiger partial charge >= 0.3 is 17.9 Å². The van der Waals surface area contributed by atoms with E-state index in [9.17, 15) is 14.4 Å². The number of ether oxygens (including phenoxy) is 3. The number of hydrogen-bond donors (Lipinski definition) is 0. The van der Waals surface area contributed by atoms with Crippen molar-refractivity contribution in [3.63, 3.8) is 0 Å². The topological polar surface area (TPSA) is 78.9 Å². The molecule has 0 radical (unpaired) electrons. The third-order valence-electron chi connectivity index (χ3n) is 13.7. The van der Waals surface area contributed by atoms with Crippen LogP contribution in [-0.4, -0.2) is 37.2 Å². The van der Waals surface area contributed by atoms with Crippen molar-refractivity contribution >= 4 is 17.9 Å². The Labute approximate surface area is 511 Å². The fourth-order valence-electron chi connectivity index (χ4n) is 8.76. The van der Waals surface area contributed by atoms with Crippen LogP contribution in [0.4, 0.5) is 0 Å². The Bertz CT molecular complexity index is 1890. The zero-order valence-electron chi connectivity index (χ0n) is 53.4. The Morgan fingerprint density at radius 1 is 0.253 bits per heavy atom. The van der Waals surface area contributed by atoms with Crippen molar-refractivity contribution in [3.05, 3.63) is 170 Å². The van der Waals surface area contributed by atoms with Crippen LogP contribution in [0.5, 0.6) is 0 Å². The summed E-state index contributed by atoms with van der Waals surface area (Å²) in [5.41, 5.74) is 0. The molecular weight excluding hydrogens is 1020 g/mol. The zero-order valence-corrected chi connectivity index (χ0v) is 53.4. The molecule has 0 fully saturated rings. The molecule has 0 spiro atoms. The number of carbonyl (C=O) groups excluding carboxylic acids is 3. The first-order valence-electron chi connectivity index (χ1n) is 33.6. The highest BCUT2D eigenvalue weighted by atomic mass is 16.6. The summed E-state index contributed by atoms with van der Waals surface area (Å²) in [6, 6.07) is 0. The molecular formula is C77H122O6. The summed E-state index contributed by atoms with van der Waals surface area (Å²) in [7, 11) is 0. The standard InChI is InChI=1S/C77H122O6/c1-4-7-10-13-16-18-20-22-24-26-28-30-32-34-36-37-38-39-41-42-44-46-48-50-52-54-56-58-61-64-67-70-76(79)82-73-74(72-81-75(78)69-66-63-60-15-12-9-6-3)83-77(80)71-68-65-62-59-57-55-53-51-49-47-45-43-40-35-33-31-29-27-25-23-21-19-17-14-11-8-5-2/h7-8,10-11,16-19,22-25,28-31,34-36,38-40,42,44-45,47-48,50,74H,4-6,9,12-15,20-21,26-27,32-33,37,41,43,46,49,51-73H2,1-3H3/b10-7-,11-8-,18-16-,19-17-,24-22-,25-23-,30-28-,31-29-,36-34-,39-38-,40-35-,44-42-,47-45-,50-48-. The van der Waals surface area contributed by atoms with Gasteiger partial charge in [0, 0.05) is 19.3 Å². The Morgan fingerprint density at radius 3 is 0.735 bits per heavy atom. The highest BCUT2D eigenvalue weighted by Crippen LogP contribution is 2.15. The molecule has 0 aliphatic heterocycles. The highest BCUT2D eigenvalue weighted by Gasteiger charge is 2.19.